The van der Waals surface area contributed by atoms with Crippen LogP contribution >= 0.6 is 0 Å². The lowest BCUT2D eigenvalue weighted by molar-refractivity contribution is -0.0954. The van der Waals surface area contributed by atoms with E-state index in [0.29, 0.717) is 24.4 Å². The molecule has 4 heterocycles. The number of hydrogen-bond donors (Lipinski definition) is 2. The van der Waals surface area contributed by atoms with Gasteiger partial charge in [-0.25, -0.2) is 9.97 Å². The fraction of sp³-hybridized carbons (Fsp3) is 0.533. The average Bonchev–Trinajstić information content (AvgIpc) is 3.04. The van der Waals surface area contributed by atoms with Crippen molar-refractivity contribution in [3.8, 4) is 0 Å². The van der Waals surface area contributed by atoms with Gasteiger partial charge < -0.3 is 19.9 Å². The maximum absolute atomic E-state index is 12.7. The molecule has 0 atom stereocenters. The number of fused-ring (bicyclic) bond motifs is 1. The summed E-state index contributed by atoms with van der Waals surface area (Å²) in [7, 11) is 0. The van der Waals surface area contributed by atoms with Gasteiger partial charge in [0.1, 0.15) is 17.7 Å². The minimum atomic E-state index is -0.0931. The highest BCUT2D eigenvalue weighted by molar-refractivity contribution is 6.03. The highest BCUT2D eigenvalue weighted by Crippen LogP contribution is 2.28. The van der Waals surface area contributed by atoms with Gasteiger partial charge >= 0.3 is 0 Å². The maximum Gasteiger partial charge on any atom is 0.273 e. The highest BCUT2D eigenvalue weighted by atomic mass is 16.5. The van der Waals surface area contributed by atoms with E-state index in [4.69, 9.17) is 4.74 Å². The summed E-state index contributed by atoms with van der Waals surface area (Å²) >= 11 is 0. The Labute approximate surface area is 128 Å². The minimum Gasteiger partial charge on any atom is -0.372 e. The number of ether oxygens (including phenoxy) is 1. The van der Waals surface area contributed by atoms with Crippen molar-refractivity contribution in [2.24, 2.45) is 0 Å². The van der Waals surface area contributed by atoms with Crippen molar-refractivity contribution < 1.29 is 9.53 Å². The maximum atomic E-state index is 12.7. The molecule has 2 aliphatic heterocycles. The molecule has 0 aliphatic carbocycles. The Morgan fingerprint density at radius 1 is 1.32 bits per heavy atom. The molecule has 0 unspecified atom stereocenters. The molecular formula is C15H19N5O2. The number of likely N-dealkylation sites (tertiary alicyclic amines) is 1. The topological polar surface area (TPSA) is 83.1 Å². The van der Waals surface area contributed by atoms with E-state index < -0.39 is 0 Å². The van der Waals surface area contributed by atoms with Crippen molar-refractivity contribution in [3.05, 3.63) is 24.3 Å². The number of H-pyrrole nitrogens is 1. The summed E-state index contributed by atoms with van der Waals surface area (Å²) in [4.78, 5) is 26.0. The number of hydrogen-bond acceptors (Lipinski definition) is 5. The first-order valence-corrected chi connectivity index (χ1v) is 7.70. The fourth-order valence-electron chi connectivity index (χ4n) is 3.34. The van der Waals surface area contributed by atoms with Crippen LogP contribution in [0.25, 0.3) is 11.0 Å². The predicted octanol–water partition coefficient (Wildman–Crippen LogP) is 0.552. The molecule has 2 aromatic heterocycles. The first-order valence-electron chi connectivity index (χ1n) is 7.70. The molecule has 116 valence electrons. The van der Waals surface area contributed by atoms with E-state index in [1.54, 1.807) is 6.20 Å². The van der Waals surface area contributed by atoms with Crippen LogP contribution in [0.5, 0.6) is 0 Å². The Bertz CT molecular complexity index is 682. The van der Waals surface area contributed by atoms with Crippen LogP contribution in [0.4, 0.5) is 0 Å². The lowest BCUT2D eigenvalue weighted by atomic mass is 9.90. The monoisotopic (exact) mass is 301 g/mol. The normalized spacial score (nSPS) is 21.4. The SMILES string of the molecule is O=C(c1ncnc2[nH]ccc12)N1CCC2(CC1)CNCCO2. The van der Waals surface area contributed by atoms with E-state index in [2.05, 4.69) is 20.3 Å². The molecule has 1 amide bonds. The third kappa shape index (κ3) is 2.26. The Morgan fingerprint density at radius 2 is 2.18 bits per heavy atom. The van der Waals surface area contributed by atoms with Crippen molar-refractivity contribution in [1.82, 2.24) is 25.2 Å². The molecule has 22 heavy (non-hydrogen) atoms. The lowest BCUT2D eigenvalue weighted by Gasteiger charge is -2.44. The molecule has 2 fully saturated rings. The zero-order valence-corrected chi connectivity index (χ0v) is 12.3. The van der Waals surface area contributed by atoms with E-state index in [9.17, 15) is 4.79 Å². The molecule has 7 heteroatoms. The molecule has 0 radical (unpaired) electrons. The number of nitrogens with zero attached hydrogens (tertiary/aromatic N) is 3. The van der Waals surface area contributed by atoms with Gasteiger partial charge in [-0.3, -0.25) is 4.79 Å². The molecule has 2 aromatic rings. The average molecular weight is 301 g/mol. The summed E-state index contributed by atoms with van der Waals surface area (Å²) < 4.78 is 5.97. The Morgan fingerprint density at radius 3 is 2.95 bits per heavy atom. The predicted molar refractivity (Wildman–Crippen MR) is 80.6 cm³/mol. The molecule has 7 nitrogen and oxygen atoms in total. The summed E-state index contributed by atoms with van der Waals surface area (Å²) in [6, 6.07) is 1.85. The van der Waals surface area contributed by atoms with E-state index in [1.807, 2.05) is 11.0 Å². The number of carbonyl (C=O) groups is 1. The smallest absolute Gasteiger partial charge is 0.273 e. The van der Waals surface area contributed by atoms with Crippen LogP contribution in [0.3, 0.4) is 0 Å². The molecule has 1 spiro atoms. The van der Waals surface area contributed by atoms with Crippen LogP contribution in [0.15, 0.2) is 18.6 Å². The standard InChI is InChI=1S/C15H19N5O2/c21-14(12-11-1-4-17-13(11)19-10-18-12)20-6-2-15(3-7-20)9-16-5-8-22-15/h1,4,10,16H,2-3,5-9H2,(H,17,18,19). The number of carbonyl (C=O) groups excluding carboxylic acids is 1. The van der Waals surface area contributed by atoms with Gasteiger partial charge in [-0.15, -0.1) is 0 Å². The van der Waals surface area contributed by atoms with Crippen LogP contribution in [-0.2, 0) is 4.74 Å². The molecule has 0 bridgehead atoms. The van der Waals surface area contributed by atoms with E-state index >= 15 is 0 Å². The first-order chi connectivity index (χ1) is 10.8. The third-order valence-corrected chi connectivity index (χ3v) is 4.65. The number of aromatic amines is 1. The second-order valence-corrected chi connectivity index (χ2v) is 5.96. The van der Waals surface area contributed by atoms with Gasteiger partial charge in [0.05, 0.1) is 17.6 Å². The number of nitrogens with one attached hydrogen (secondary N) is 2. The Balaban J connectivity index is 1.51. The molecular weight excluding hydrogens is 282 g/mol. The highest BCUT2D eigenvalue weighted by Gasteiger charge is 2.38. The van der Waals surface area contributed by atoms with Gasteiger partial charge in [0.15, 0.2) is 0 Å². The van der Waals surface area contributed by atoms with Crippen molar-refractivity contribution in [2.45, 2.75) is 18.4 Å². The molecule has 4 rings (SSSR count). The largest absolute Gasteiger partial charge is 0.372 e. The number of piperidine rings is 1. The Hall–Kier alpha value is -1.99. The number of morpholine rings is 1. The van der Waals surface area contributed by atoms with Crippen molar-refractivity contribution in [2.75, 3.05) is 32.8 Å². The zero-order valence-electron chi connectivity index (χ0n) is 12.3. The molecule has 0 saturated carbocycles. The molecule has 2 N–H and O–H groups in total. The van der Waals surface area contributed by atoms with Crippen LogP contribution in [-0.4, -0.2) is 64.1 Å². The van der Waals surface area contributed by atoms with Crippen LogP contribution in [0.2, 0.25) is 0 Å². The summed E-state index contributed by atoms with van der Waals surface area (Å²) in [6.07, 6.45) is 4.95. The number of aromatic nitrogens is 3. The van der Waals surface area contributed by atoms with Crippen molar-refractivity contribution in [1.29, 1.82) is 0 Å². The molecule has 2 aliphatic rings. The van der Waals surface area contributed by atoms with Gasteiger partial charge in [-0.2, -0.15) is 0 Å². The fourth-order valence-corrected chi connectivity index (χ4v) is 3.34. The quantitative estimate of drug-likeness (QED) is 0.804. The first kappa shape index (κ1) is 13.7. The number of amides is 1. The lowest BCUT2D eigenvalue weighted by Crippen LogP contribution is -2.56. The summed E-state index contributed by atoms with van der Waals surface area (Å²) in [6.45, 7) is 3.96. The van der Waals surface area contributed by atoms with Crippen molar-refractivity contribution in [3.63, 3.8) is 0 Å². The van der Waals surface area contributed by atoms with Crippen LogP contribution in [0.1, 0.15) is 23.3 Å². The van der Waals surface area contributed by atoms with Gasteiger partial charge in [0.2, 0.25) is 0 Å². The third-order valence-electron chi connectivity index (χ3n) is 4.65. The Kier molecular flexibility index (Phi) is 3.31. The van der Waals surface area contributed by atoms with Crippen LogP contribution in [0, 0.1) is 0 Å². The van der Waals surface area contributed by atoms with Gasteiger partial charge in [0.25, 0.3) is 5.91 Å². The molecule has 2 saturated heterocycles. The van der Waals surface area contributed by atoms with Crippen LogP contribution < -0.4 is 5.32 Å². The van der Waals surface area contributed by atoms with Gasteiger partial charge in [-0.05, 0) is 18.9 Å². The second-order valence-electron chi connectivity index (χ2n) is 5.96. The van der Waals surface area contributed by atoms with E-state index in [0.717, 1.165) is 37.9 Å². The minimum absolute atomic E-state index is 0.0226. The molecule has 0 aromatic carbocycles. The van der Waals surface area contributed by atoms with Gasteiger partial charge in [0, 0.05) is 32.4 Å². The zero-order chi connectivity index (χ0) is 15.0. The summed E-state index contributed by atoms with van der Waals surface area (Å²) in [5, 5.41) is 4.17. The summed E-state index contributed by atoms with van der Waals surface area (Å²) in [5.41, 5.74) is 1.08. The van der Waals surface area contributed by atoms with Crippen molar-refractivity contribution >= 4 is 16.9 Å². The van der Waals surface area contributed by atoms with Gasteiger partial charge in [-0.1, -0.05) is 0 Å². The summed E-state index contributed by atoms with van der Waals surface area (Å²) in [5.74, 6) is -0.0226. The number of rotatable bonds is 1. The van der Waals surface area contributed by atoms with E-state index in [1.165, 1.54) is 6.33 Å². The van der Waals surface area contributed by atoms with E-state index in [-0.39, 0.29) is 11.5 Å². The second kappa shape index (κ2) is 5.33.